The summed E-state index contributed by atoms with van der Waals surface area (Å²) in [5.74, 6) is 0.482. The van der Waals surface area contributed by atoms with E-state index in [1.807, 2.05) is 0 Å². The maximum absolute atomic E-state index is 12.1. The number of nitrogens with one attached hydrogen (secondary N) is 1. The molecule has 0 aromatic carbocycles. The molecular formula is C12H26N4O2S. The van der Waals surface area contributed by atoms with Crippen LogP contribution in [0.2, 0.25) is 0 Å². The molecule has 7 heteroatoms. The molecule has 0 atom stereocenters. The van der Waals surface area contributed by atoms with Crippen LogP contribution in [-0.2, 0) is 10.2 Å². The molecule has 0 amide bonds. The molecule has 2 saturated heterocycles. The predicted octanol–water partition coefficient (Wildman–Crippen LogP) is -0.413. The zero-order chi connectivity index (χ0) is 13.7. The van der Waals surface area contributed by atoms with Crippen molar-refractivity contribution in [2.75, 3.05) is 45.8 Å². The highest BCUT2D eigenvalue weighted by Gasteiger charge is 2.27. The van der Waals surface area contributed by atoms with E-state index < -0.39 is 10.2 Å². The summed E-state index contributed by atoms with van der Waals surface area (Å²) in [6, 6.07) is 0. The molecule has 6 nitrogen and oxygen atoms in total. The van der Waals surface area contributed by atoms with Crippen LogP contribution in [0.5, 0.6) is 0 Å². The largest absolute Gasteiger partial charge is 0.330 e. The van der Waals surface area contributed by atoms with Gasteiger partial charge in [0.15, 0.2) is 0 Å². The SMILES string of the molecule is NCC1CCN(S(=O)(=O)NCCN2CCCC2)CC1. The minimum absolute atomic E-state index is 0.482. The van der Waals surface area contributed by atoms with E-state index in [0.717, 1.165) is 32.5 Å². The third-order valence-electron chi connectivity index (χ3n) is 4.16. The molecule has 2 aliphatic heterocycles. The van der Waals surface area contributed by atoms with Gasteiger partial charge in [-0.25, -0.2) is 4.72 Å². The van der Waals surface area contributed by atoms with Gasteiger partial charge in [-0.2, -0.15) is 12.7 Å². The molecule has 0 aliphatic carbocycles. The van der Waals surface area contributed by atoms with Gasteiger partial charge >= 0.3 is 0 Å². The van der Waals surface area contributed by atoms with E-state index in [9.17, 15) is 8.42 Å². The van der Waals surface area contributed by atoms with E-state index in [-0.39, 0.29) is 0 Å². The van der Waals surface area contributed by atoms with E-state index in [2.05, 4.69) is 9.62 Å². The molecule has 19 heavy (non-hydrogen) atoms. The van der Waals surface area contributed by atoms with Crippen molar-refractivity contribution in [2.45, 2.75) is 25.7 Å². The second-order valence-corrected chi connectivity index (χ2v) is 7.28. The molecular weight excluding hydrogens is 264 g/mol. The quantitative estimate of drug-likeness (QED) is 0.697. The van der Waals surface area contributed by atoms with E-state index in [1.54, 1.807) is 4.31 Å². The molecule has 0 unspecified atom stereocenters. The van der Waals surface area contributed by atoms with Crippen LogP contribution in [0, 0.1) is 5.92 Å². The number of hydrogen-bond donors (Lipinski definition) is 2. The molecule has 0 saturated carbocycles. The van der Waals surface area contributed by atoms with Crippen molar-refractivity contribution in [2.24, 2.45) is 11.7 Å². The average molecular weight is 290 g/mol. The van der Waals surface area contributed by atoms with Crippen molar-refractivity contribution in [3.63, 3.8) is 0 Å². The summed E-state index contributed by atoms with van der Waals surface area (Å²) in [5, 5.41) is 0. The number of piperidine rings is 1. The zero-order valence-corrected chi connectivity index (χ0v) is 12.4. The molecule has 112 valence electrons. The van der Waals surface area contributed by atoms with Crippen molar-refractivity contribution in [1.82, 2.24) is 13.9 Å². The fraction of sp³-hybridized carbons (Fsp3) is 1.00. The normalized spacial score (nSPS) is 24.1. The van der Waals surface area contributed by atoms with E-state index >= 15 is 0 Å². The third kappa shape index (κ3) is 4.39. The molecule has 3 N–H and O–H groups in total. The van der Waals surface area contributed by atoms with Crippen LogP contribution in [0.25, 0.3) is 0 Å². The van der Waals surface area contributed by atoms with Crippen LogP contribution in [0.15, 0.2) is 0 Å². The molecule has 0 aromatic heterocycles. The first-order valence-electron chi connectivity index (χ1n) is 7.29. The molecule has 0 aromatic rings. The molecule has 2 heterocycles. The molecule has 0 bridgehead atoms. The fourth-order valence-electron chi connectivity index (χ4n) is 2.82. The Morgan fingerprint density at radius 1 is 1.11 bits per heavy atom. The standard InChI is InChI=1S/C12H26N4O2S/c13-11-12-3-8-16(9-4-12)19(17,18)14-5-10-15-6-1-2-7-15/h12,14H,1-11,13H2. The Morgan fingerprint density at radius 2 is 1.74 bits per heavy atom. The summed E-state index contributed by atoms with van der Waals surface area (Å²) >= 11 is 0. The monoisotopic (exact) mass is 290 g/mol. The topological polar surface area (TPSA) is 78.7 Å². The molecule has 2 rings (SSSR count). The lowest BCUT2D eigenvalue weighted by Crippen LogP contribution is -2.47. The van der Waals surface area contributed by atoms with Crippen LogP contribution >= 0.6 is 0 Å². The average Bonchev–Trinajstić information content (AvgIpc) is 2.92. The lowest BCUT2D eigenvalue weighted by molar-refractivity contribution is 0.274. The molecule has 2 aliphatic rings. The van der Waals surface area contributed by atoms with Gasteiger partial charge in [0.2, 0.25) is 0 Å². The summed E-state index contributed by atoms with van der Waals surface area (Å²) < 4.78 is 28.5. The van der Waals surface area contributed by atoms with Crippen molar-refractivity contribution in [1.29, 1.82) is 0 Å². The van der Waals surface area contributed by atoms with Crippen molar-refractivity contribution >= 4 is 10.2 Å². The highest BCUT2D eigenvalue weighted by molar-refractivity contribution is 7.87. The van der Waals surface area contributed by atoms with Crippen molar-refractivity contribution < 1.29 is 8.42 Å². The highest BCUT2D eigenvalue weighted by atomic mass is 32.2. The van der Waals surface area contributed by atoms with E-state index in [0.29, 0.717) is 32.1 Å². The van der Waals surface area contributed by atoms with E-state index in [4.69, 9.17) is 5.73 Å². The van der Waals surface area contributed by atoms with Gasteiger partial charge in [-0.1, -0.05) is 0 Å². The Balaban J connectivity index is 1.72. The Hall–Kier alpha value is -0.210. The van der Waals surface area contributed by atoms with E-state index in [1.165, 1.54) is 12.8 Å². The lowest BCUT2D eigenvalue weighted by Gasteiger charge is -2.30. The fourth-order valence-corrected chi connectivity index (χ4v) is 4.04. The second kappa shape index (κ2) is 6.99. The zero-order valence-electron chi connectivity index (χ0n) is 11.6. The Labute approximate surface area is 116 Å². The second-order valence-electron chi connectivity index (χ2n) is 5.53. The highest BCUT2D eigenvalue weighted by Crippen LogP contribution is 2.17. The van der Waals surface area contributed by atoms with Crippen LogP contribution in [0.3, 0.4) is 0 Å². The molecule has 2 fully saturated rings. The van der Waals surface area contributed by atoms with Crippen LogP contribution in [-0.4, -0.2) is 63.4 Å². The summed E-state index contributed by atoms with van der Waals surface area (Å²) in [6.45, 7) is 5.39. The number of likely N-dealkylation sites (tertiary alicyclic amines) is 1. The predicted molar refractivity (Wildman–Crippen MR) is 75.9 cm³/mol. The van der Waals surface area contributed by atoms with Crippen LogP contribution in [0.1, 0.15) is 25.7 Å². The lowest BCUT2D eigenvalue weighted by atomic mass is 9.99. The minimum Gasteiger partial charge on any atom is -0.330 e. The van der Waals surface area contributed by atoms with Crippen LogP contribution in [0.4, 0.5) is 0 Å². The number of nitrogens with zero attached hydrogens (tertiary/aromatic N) is 2. The number of nitrogens with two attached hydrogens (primary N) is 1. The maximum Gasteiger partial charge on any atom is 0.279 e. The van der Waals surface area contributed by atoms with Crippen molar-refractivity contribution in [3.05, 3.63) is 0 Å². The molecule has 0 spiro atoms. The summed E-state index contributed by atoms with van der Waals surface area (Å²) in [5.41, 5.74) is 5.62. The van der Waals surface area contributed by atoms with Crippen molar-refractivity contribution in [3.8, 4) is 0 Å². The Kier molecular flexibility index (Phi) is 5.58. The van der Waals surface area contributed by atoms with Gasteiger partial charge in [-0.15, -0.1) is 0 Å². The molecule has 0 radical (unpaired) electrons. The van der Waals surface area contributed by atoms with Gasteiger partial charge in [-0.05, 0) is 51.2 Å². The Morgan fingerprint density at radius 3 is 2.32 bits per heavy atom. The Bertz CT molecular complexity index is 360. The van der Waals surface area contributed by atoms with Gasteiger partial charge < -0.3 is 10.6 Å². The van der Waals surface area contributed by atoms with Gasteiger partial charge in [0.25, 0.3) is 10.2 Å². The summed E-state index contributed by atoms with van der Waals surface area (Å²) in [4.78, 5) is 2.31. The minimum atomic E-state index is -3.29. The number of hydrogen-bond acceptors (Lipinski definition) is 4. The number of rotatable bonds is 6. The van der Waals surface area contributed by atoms with Gasteiger partial charge in [-0.3, -0.25) is 0 Å². The summed E-state index contributed by atoms with van der Waals surface area (Å²) in [6.07, 6.45) is 4.23. The van der Waals surface area contributed by atoms with Gasteiger partial charge in [0.1, 0.15) is 0 Å². The smallest absolute Gasteiger partial charge is 0.279 e. The van der Waals surface area contributed by atoms with Gasteiger partial charge in [0, 0.05) is 26.2 Å². The summed E-state index contributed by atoms with van der Waals surface area (Å²) in [7, 11) is -3.29. The first-order valence-corrected chi connectivity index (χ1v) is 8.73. The third-order valence-corrected chi connectivity index (χ3v) is 5.77. The first-order chi connectivity index (χ1) is 9.12. The maximum atomic E-state index is 12.1. The van der Waals surface area contributed by atoms with Crippen LogP contribution < -0.4 is 10.5 Å². The first kappa shape index (κ1) is 15.2. The van der Waals surface area contributed by atoms with Gasteiger partial charge in [0.05, 0.1) is 0 Å².